The quantitative estimate of drug-likeness (QED) is 0.674. The Morgan fingerprint density at radius 1 is 1.43 bits per heavy atom. The lowest BCUT2D eigenvalue weighted by Crippen LogP contribution is -2.49. The van der Waals surface area contributed by atoms with Gasteiger partial charge in [-0.05, 0) is 56.9 Å². The molecule has 21 heavy (non-hydrogen) atoms. The molecule has 4 nitrogen and oxygen atoms in total. The SMILES string of the molecule is CCNC(C)(CCCOC1CC(C)CC(C)(C)C1)C(=O)O. The van der Waals surface area contributed by atoms with Gasteiger partial charge in [-0.3, -0.25) is 4.79 Å². The van der Waals surface area contributed by atoms with E-state index in [1.54, 1.807) is 6.92 Å². The van der Waals surface area contributed by atoms with Gasteiger partial charge in [0.15, 0.2) is 0 Å². The molecule has 0 radical (unpaired) electrons. The van der Waals surface area contributed by atoms with Crippen LogP contribution in [0.15, 0.2) is 0 Å². The lowest BCUT2D eigenvalue weighted by molar-refractivity contribution is -0.144. The molecule has 0 aromatic heterocycles. The summed E-state index contributed by atoms with van der Waals surface area (Å²) in [6, 6.07) is 0. The molecule has 1 rings (SSSR count). The van der Waals surface area contributed by atoms with Crippen molar-refractivity contribution in [3.05, 3.63) is 0 Å². The lowest BCUT2D eigenvalue weighted by Gasteiger charge is -2.39. The molecule has 0 spiro atoms. The summed E-state index contributed by atoms with van der Waals surface area (Å²) < 4.78 is 6.02. The van der Waals surface area contributed by atoms with Gasteiger partial charge in [0.05, 0.1) is 6.10 Å². The number of likely N-dealkylation sites (N-methyl/N-ethyl adjacent to an activating group) is 1. The first-order valence-corrected chi connectivity index (χ1v) is 8.28. The number of hydrogen-bond donors (Lipinski definition) is 2. The van der Waals surface area contributed by atoms with E-state index in [4.69, 9.17) is 4.74 Å². The highest BCUT2D eigenvalue weighted by Crippen LogP contribution is 2.39. The average Bonchev–Trinajstić information content (AvgIpc) is 2.32. The number of nitrogens with one attached hydrogen (secondary N) is 1. The molecule has 0 aliphatic heterocycles. The summed E-state index contributed by atoms with van der Waals surface area (Å²) in [6.45, 7) is 11.9. The summed E-state index contributed by atoms with van der Waals surface area (Å²) in [5, 5.41) is 12.4. The van der Waals surface area contributed by atoms with Crippen LogP contribution in [0.3, 0.4) is 0 Å². The second-order valence-electron chi connectivity index (χ2n) is 7.68. The molecule has 1 aliphatic carbocycles. The maximum Gasteiger partial charge on any atom is 0.323 e. The van der Waals surface area contributed by atoms with Crippen LogP contribution >= 0.6 is 0 Å². The number of carbonyl (C=O) groups is 1. The first-order chi connectivity index (χ1) is 9.68. The molecule has 0 aromatic carbocycles. The highest BCUT2D eigenvalue weighted by Gasteiger charge is 2.33. The first kappa shape index (κ1) is 18.4. The topological polar surface area (TPSA) is 58.6 Å². The van der Waals surface area contributed by atoms with Crippen LogP contribution < -0.4 is 5.32 Å². The Morgan fingerprint density at radius 2 is 2.10 bits per heavy atom. The van der Waals surface area contributed by atoms with Crippen molar-refractivity contribution >= 4 is 5.97 Å². The van der Waals surface area contributed by atoms with E-state index < -0.39 is 11.5 Å². The predicted molar refractivity (Wildman–Crippen MR) is 85.5 cm³/mol. The minimum atomic E-state index is -0.836. The van der Waals surface area contributed by atoms with Gasteiger partial charge < -0.3 is 15.2 Å². The predicted octanol–water partition coefficient (Wildman–Crippen LogP) is 3.45. The van der Waals surface area contributed by atoms with Gasteiger partial charge in [0.2, 0.25) is 0 Å². The van der Waals surface area contributed by atoms with Gasteiger partial charge in [0, 0.05) is 6.61 Å². The van der Waals surface area contributed by atoms with E-state index in [-0.39, 0.29) is 0 Å². The molecular weight excluding hydrogens is 266 g/mol. The molecule has 3 atom stereocenters. The minimum Gasteiger partial charge on any atom is -0.480 e. The molecule has 0 aromatic rings. The molecule has 1 saturated carbocycles. The molecule has 124 valence electrons. The monoisotopic (exact) mass is 299 g/mol. The van der Waals surface area contributed by atoms with Crippen LogP contribution in [0.1, 0.15) is 66.7 Å². The van der Waals surface area contributed by atoms with E-state index in [0.29, 0.717) is 37.0 Å². The van der Waals surface area contributed by atoms with Crippen molar-refractivity contribution in [2.75, 3.05) is 13.2 Å². The summed E-state index contributed by atoms with van der Waals surface area (Å²) in [6.07, 6.45) is 5.22. The normalized spacial score (nSPS) is 28.0. The molecular formula is C17H33NO3. The first-order valence-electron chi connectivity index (χ1n) is 8.28. The number of aliphatic carboxylic acids is 1. The van der Waals surface area contributed by atoms with Crippen molar-refractivity contribution in [3.8, 4) is 0 Å². The van der Waals surface area contributed by atoms with Crippen LogP contribution in [0.2, 0.25) is 0 Å². The summed E-state index contributed by atoms with van der Waals surface area (Å²) in [4.78, 5) is 11.3. The Kier molecular flexibility index (Phi) is 6.67. The van der Waals surface area contributed by atoms with Crippen LogP contribution in [0.5, 0.6) is 0 Å². The zero-order chi connectivity index (χ0) is 16.1. The maximum atomic E-state index is 11.3. The Balaban J connectivity index is 2.34. The fourth-order valence-electron chi connectivity index (χ4n) is 3.72. The van der Waals surface area contributed by atoms with E-state index >= 15 is 0 Å². The largest absolute Gasteiger partial charge is 0.480 e. The Morgan fingerprint density at radius 3 is 2.62 bits per heavy atom. The average molecular weight is 299 g/mol. The van der Waals surface area contributed by atoms with Gasteiger partial charge in [-0.2, -0.15) is 0 Å². The fraction of sp³-hybridized carbons (Fsp3) is 0.941. The van der Waals surface area contributed by atoms with Crippen molar-refractivity contribution < 1.29 is 14.6 Å². The summed E-state index contributed by atoms with van der Waals surface area (Å²) in [7, 11) is 0. The number of ether oxygens (including phenoxy) is 1. The van der Waals surface area contributed by atoms with Crippen molar-refractivity contribution in [1.29, 1.82) is 0 Å². The number of hydrogen-bond acceptors (Lipinski definition) is 3. The Hall–Kier alpha value is -0.610. The molecule has 0 saturated heterocycles. The van der Waals surface area contributed by atoms with Gasteiger partial charge in [-0.15, -0.1) is 0 Å². The van der Waals surface area contributed by atoms with Crippen molar-refractivity contribution in [3.63, 3.8) is 0 Å². The summed E-state index contributed by atoms with van der Waals surface area (Å²) >= 11 is 0. The van der Waals surface area contributed by atoms with E-state index in [1.165, 1.54) is 6.42 Å². The van der Waals surface area contributed by atoms with E-state index in [9.17, 15) is 9.90 Å². The Bertz CT molecular complexity index is 343. The zero-order valence-electron chi connectivity index (χ0n) is 14.4. The maximum absolute atomic E-state index is 11.3. The van der Waals surface area contributed by atoms with Crippen molar-refractivity contribution in [2.45, 2.75) is 78.4 Å². The van der Waals surface area contributed by atoms with Crippen LogP contribution in [0.4, 0.5) is 0 Å². The smallest absolute Gasteiger partial charge is 0.323 e. The van der Waals surface area contributed by atoms with Crippen molar-refractivity contribution in [2.24, 2.45) is 11.3 Å². The molecule has 4 heteroatoms. The van der Waals surface area contributed by atoms with Gasteiger partial charge in [-0.25, -0.2) is 0 Å². The lowest BCUT2D eigenvalue weighted by atomic mass is 9.71. The molecule has 2 N–H and O–H groups in total. The summed E-state index contributed by atoms with van der Waals surface area (Å²) in [5.74, 6) is -0.0680. The van der Waals surface area contributed by atoms with Gasteiger partial charge >= 0.3 is 5.97 Å². The van der Waals surface area contributed by atoms with Crippen LogP contribution in [0.25, 0.3) is 0 Å². The second-order valence-corrected chi connectivity index (χ2v) is 7.68. The third kappa shape index (κ3) is 5.95. The summed E-state index contributed by atoms with van der Waals surface area (Å²) in [5.41, 5.74) is -0.473. The van der Waals surface area contributed by atoms with Gasteiger partial charge in [0.25, 0.3) is 0 Å². The van der Waals surface area contributed by atoms with E-state index in [2.05, 4.69) is 26.1 Å². The third-order valence-corrected chi connectivity index (χ3v) is 4.56. The zero-order valence-corrected chi connectivity index (χ0v) is 14.4. The third-order valence-electron chi connectivity index (χ3n) is 4.56. The highest BCUT2D eigenvalue weighted by molar-refractivity contribution is 5.78. The molecule has 0 heterocycles. The number of carboxylic acids is 1. The van der Waals surface area contributed by atoms with Crippen molar-refractivity contribution in [1.82, 2.24) is 5.32 Å². The number of carboxylic acid groups (broad SMARTS) is 1. The number of rotatable bonds is 8. The standard InChI is InChI=1S/C17H33NO3/c1-6-18-17(5,15(19)20)8-7-9-21-14-10-13(2)11-16(3,4)12-14/h13-14,18H,6-12H2,1-5H3,(H,19,20). The fourth-order valence-corrected chi connectivity index (χ4v) is 3.72. The van der Waals surface area contributed by atoms with Gasteiger partial charge in [0.1, 0.15) is 5.54 Å². The van der Waals surface area contributed by atoms with E-state index in [0.717, 1.165) is 19.3 Å². The van der Waals surface area contributed by atoms with Crippen LogP contribution in [0, 0.1) is 11.3 Å². The highest BCUT2D eigenvalue weighted by atomic mass is 16.5. The second kappa shape index (κ2) is 7.59. The van der Waals surface area contributed by atoms with Crippen LogP contribution in [-0.2, 0) is 9.53 Å². The van der Waals surface area contributed by atoms with Crippen LogP contribution in [-0.4, -0.2) is 35.9 Å². The molecule has 3 unspecified atom stereocenters. The van der Waals surface area contributed by atoms with E-state index in [1.807, 2.05) is 6.92 Å². The molecule has 0 bridgehead atoms. The Labute approximate surface area is 129 Å². The molecule has 0 amide bonds. The minimum absolute atomic E-state index is 0.332. The molecule has 1 aliphatic rings. The van der Waals surface area contributed by atoms with Gasteiger partial charge in [-0.1, -0.05) is 27.7 Å². The molecule has 1 fully saturated rings.